The minimum atomic E-state index is -0.531. The highest BCUT2D eigenvalue weighted by molar-refractivity contribution is 7.99. The third-order valence-electron chi connectivity index (χ3n) is 2.97. The molecule has 0 aliphatic heterocycles. The first-order valence-corrected chi connectivity index (χ1v) is 7.41. The van der Waals surface area contributed by atoms with E-state index >= 15 is 0 Å². The van der Waals surface area contributed by atoms with Gasteiger partial charge in [0.15, 0.2) is 0 Å². The molecule has 0 bridgehead atoms. The Morgan fingerprint density at radius 2 is 2.17 bits per heavy atom. The van der Waals surface area contributed by atoms with E-state index in [1.807, 2.05) is 19.9 Å². The molecule has 1 aliphatic rings. The van der Waals surface area contributed by atoms with E-state index in [4.69, 9.17) is 23.2 Å². The van der Waals surface area contributed by atoms with Crippen molar-refractivity contribution in [3.8, 4) is 0 Å². The smallest absolute Gasteiger partial charge is 0.216 e. The molecule has 0 saturated heterocycles. The fourth-order valence-corrected chi connectivity index (χ4v) is 3.58. The first-order valence-electron chi connectivity index (χ1n) is 5.67. The number of aryl methyl sites for hydroxylation is 2. The van der Waals surface area contributed by atoms with E-state index in [1.165, 1.54) is 0 Å². The summed E-state index contributed by atoms with van der Waals surface area (Å²) >= 11 is 13.6. The number of rotatable bonds is 3. The van der Waals surface area contributed by atoms with Gasteiger partial charge in [-0.1, -0.05) is 11.8 Å². The van der Waals surface area contributed by atoms with Crippen LogP contribution < -0.4 is 0 Å². The van der Waals surface area contributed by atoms with Gasteiger partial charge in [0.1, 0.15) is 4.33 Å². The molecule has 2 aromatic rings. The lowest BCUT2D eigenvalue weighted by atomic mass is 10.4. The van der Waals surface area contributed by atoms with Crippen LogP contribution in [0.1, 0.15) is 17.8 Å². The molecule has 96 valence electrons. The summed E-state index contributed by atoms with van der Waals surface area (Å²) in [6.07, 6.45) is 0.854. The lowest BCUT2D eigenvalue weighted by Crippen LogP contribution is -1.97. The van der Waals surface area contributed by atoms with Crippen molar-refractivity contribution in [2.24, 2.45) is 5.92 Å². The molecule has 18 heavy (non-hydrogen) atoms. The van der Waals surface area contributed by atoms with Crippen LogP contribution in [0.5, 0.6) is 0 Å². The van der Waals surface area contributed by atoms with E-state index in [0.717, 1.165) is 28.7 Å². The molecule has 3 rings (SSSR count). The van der Waals surface area contributed by atoms with Crippen molar-refractivity contribution in [2.45, 2.75) is 29.8 Å². The fraction of sp³-hybridized carbons (Fsp3) is 0.545. The molecular weight excluding hydrogens is 291 g/mol. The number of hydrogen-bond donors (Lipinski definition) is 0. The van der Waals surface area contributed by atoms with Gasteiger partial charge in [0.05, 0.1) is 0 Å². The van der Waals surface area contributed by atoms with Crippen molar-refractivity contribution in [3.05, 3.63) is 17.5 Å². The van der Waals surface area contributed by atoms with Gasteiger partial charge in [-0.3, -0.25) is 0 Å². The Labute approximate surface area is 119 Å². The van der Waals surface area contributed by atoms with Crippen LogP contribution in [0.3, 0.4) is 0 Å². The summed E-state index contributed by atoms with van der Waals surface area (Å²) in [6, 6.07) is 1.99. The van der Waals surface area contributed by atoms with Gasteiger partial charge in [0.25, 0.3) is 5.78 Å². The van der Waals surface area contributed by atoms with E-state index < -0.39 is 4.33 Å². The lowest BCUT2D eigenvalue weighted by molar-refractivity contribution is 0.841. The number of nitrogens with zero attached hydrogens (tertiary/aromatic N) is 4. The first kappa shape index (κ1) is 12.5. The van der Waals surface area contributed by atoms with Crippen molar-refractivity contribution in [3.63, 3.8) is 0 Å². The SMILES string of the molecule is Cc1cc(C)n2nc(SC[C@@H]3CC3(Cl)Cl)nc2n1. The minimum absolute atomic E-state index is 0.341. The summed E-state index contributed by atoms with van der Waals surface area (Å²) in [5, 5.41) is 5.15. The van der Waals surface area contributed by atoms with Crippen LogP contribution in [0.25, 0.3) is 5.78 Å². The Balaban J connectivity index is 1.79. The predicted octanol–water partition coefficient (Wildman–Crippen LogP) is 3.03. The Kier molecular flexibility index (Phi) is 2.95. The van der Waals surface area contributed by atoms with E-state index in [1.54, 1.807) is 16.3 Å². The maximum atomic E-state index is 5.99. The average molecular weight is 303 g/mol. The molecule has 2 heterocycles. The maximum Gasteiger partial charge on any atom is 0.253 e. The van der Waals surface area contributed by atoms with Crippen LogP contribution >= 0.6 is 35.0 Å². The van der Waals surface area contributed by atoms with Crippen LogP contribution in [0.15, 0.2) is 11.2 Å². The number of fused-ring (bicyclic) bond motifs is 1. The molecule has 4 nitrogen and oxygen atoms in total. The lowest BCUT2D eigenvalue weighted by Gasteiger charge is -1.97. The molecule has 0 radical (unpaired) electrons. The third kappa shape index (κ3) is 2.31. The van der Waals surface area contributed by atoms with Gasteiger partial charge in [-0.2, -0.15) is 4.98 Å². The van der Waals surface area contributed by atoms with Crippen LogP contribution in [0, 0.1) is 19.8 Å². The van der Waals surface area contributed by atoms with Crippen molar-refractivity contribution >= 4 is 40.7 Å². The second-order valence-corrected chi connectivity index (χ2v) is 7.15. The molecular formula is C11H12Cl2N4S. The van der Waals surface area contributed by atoms with Crippen molar-refractivity contribution < 1.29 is 0 Å². The largest absolute Gasteiger partial charge is 0.253 e. The molecule has 0 spiro atoms. The van der Waals surface area contributed by atoms with Crippen LogP contribution in [-0.4, -0.2) is 29.7 Å². The van der Waals surface area contributed by atoms with Gasteiger partial charge < -0.3 is 0 Å². The Bertz CT molecular complexity index is 610. The second kappa shape index (κ2) is 4.25. The molecule has 0 unspecified atom stereocenters. The zero-order valence-corrected chi connectivity index (χ0v) is 12.4. The molecule has 1 aliphatic carbocycles. The number of hydrogen-bond acceptors (Lipinski definition) is 4. The number of aromatic nitrogens is 4. The first-order chi connectivity index (χ1) is 8.45. The number of alkyl halides is 2. The van der Waals surface area contributed by atoms with Gasteiger partial charge in [0.2, 0.25) is 5.16 Å². The molecule has 7 heteroatoms. The molecule has 0 amide bonds. The van der Waals surface area contributed by atoms with Crippen LogP contribution in [0.4, 0.5) is 0 Å². The highest BCUT2D eigenvalue weighted by Crippen LogP contribution is 2.54. The van der Waals surface area contributed by atoms with Gasteiger partial charge in [-0.25, -0.2) is 9.50 Å². The number of halogens is 2. The summed E-state index contributed by atoms with van der Waals surface area (Å²) < 4.78 is 1.23. The molecule has 0 aromatic carbocycles. The third-order valence-corrected chi connectivity index (χ3v) is 4.89. The predicted molar refractivity (Wildman–Crippen MR) is 73.5 cm³/mol. The summed E-state index contributed by atoms with van der Waals surface area (Å²) in [4.78, 5) is 8.75. The van der Waals surface area contributed by atoms with E-state index in [9.17, 15) is 0 Å². The fourth-order valence-electron chi connectivity index (χ4n) is 1.83. The monoisotopic (exact) mass is 302 g/mol. The van der Waals surface area contributed by atoms with Crippen LogP contribution in [0.2, 0.25) is 0 Å². The zero-order chi connectivity index (χ0) is 12.9. The highest BCUT2D eigenvalue weighted by atomic mass is 35.5. The van der Waals surface area contributed by atoms with E-state index in [2.05, 4.69) is 15.1 Å². The van der Waals surface area contributed by atoms with Crippen LogP contribution in [-0.2, 0) is 0 Å². The zero-order valence-electron chi connectivity index (χ0n) is 10.0. The van der Waals surface area contributed by atoms with E-state index in [-0.39, 0.29) is 0 Å². The van der Waals surface area contributed by atoms with Gasteiger partial charge in [-0.15, -0.1) is 28.3 Å². The average Bonchev–Trinajstić information content (AvgIpc) is 2.70. The molecule has 1 atom stereocenters. The van der Waals surface area contributed by atoms with Crippen molar-refractivity contribution in [2.75, 3.05) is 5.75 Å². The molecule has 2 aromatic heterocycles. The van der Waals surface area contributed by atoms with Crippen molar-refractivity contribution in [1.82, 2.24) is 19.6 Å². The Morgan fingerprint density at radius 1 is 1.44 bits per heavy atom. The molecule has 1 fully saturated rings. The summed E-state index contributed by atoms with van der Waals surface area (Å²) in [7, 11) is 0. The highest BCUT2D eigenvalue weighted by Gasteiger charge is 2.51. The summed E-state index contributed by atoms with van der Waals surface area (Å²) in [5.41, 5.74) is 1.99. The molecule has 0 N–H and O–H groups in total. The summed E-state index contributed by atoms with van der Waals surface area (Å²) in [6.45, 7) is 3.95. The second-order valence-electron chi connectivity index (χ2n) is 4.62. The molecule has 1 saturated carbocycles. The summed E-state index contributed by atoms with van der Waals surface area (Å²) in [5.74, 6) is 1.84. The van der Waals surface area contributed by atoms with Gasteiger partial charge in [-0.05, 0) is 26.3 Å². The van der Waals surface area contributed by atoms with E-state index in [0.29, 0.717) is 11.7 Å². The Morgan fingerprint density at radius 3 is 2.83 bits per heavy atom. The normalized spacial score (nSPS) is 21.4. The van der Waals surface area contributed by atoms with Crippen molar-refractivity contribution in [1.29, 1.82) is 0 Å². The van der Waals surface area contributed by atoms with Gasteiger partial charge in [0, 0.05) is 23.1 Å². The van der Waals surface area contributed by atoms with Gasteiger partial charge >= 0.3 is 0 Å². The maximum absolute atomic E-state index is 5.99. The standard InChI is InChI=1S/C11H12Cl2N4S/c1-6-3-7(2)17-9(14-6)15-10(16-17)18-5-8-4-11(8,12)13/h3,8H,4-5H2,1-2H3/t8-/m0/s1. The minimum Gasteiger partial charge on any atom is -0.216 e. The topological polar surface area (TPSA) is 43.1 Å². The quantitative estimate of drug-likeness (QED) is 0.646. The number of thioether (sulfide) groups is 1. The Hall–Kier alpha value is -0.520.